The van der Waals surface area contributed by atoms with Gasteiger partial charge < -0.3 is 16.0 Å². The molecule has 0 radical (unpaired) electrons. The van der Waals surface area contributed by atoms with Crippen molar-refractivity contribution in [3.63, 3.8) is 0 Å². The lowest BCUT2D eigenvalue weighted by Gasteiger charge is -2.32. The monoisotopic (exact) mass is 395 g/mol. The molecule has 6 heteroatoms. The number of nitrogens with zero attached hydrogens (tertiary/aromatic N) is 3. The molecule has 0 saturated carbocycles. The van der Waals surface area contributed by atoms with Gasteiger partial charge in [0.2, 0.25) is 0 Å². The van der Waals surface area contributed by atoms with Crippen molar-refractivity contribution in [2.24, 2.45) is 10.7 Å². The molecule has 146 valence electrons. The second-order valence-electron chi connectivity index (χ2n) is 6.91. The van der Waals surface area contributed by atoms with Gasteiger partial charge in [0.05, 0.1) is 0 Å². The summed E-state index contributed by atoms with van der Waals surface area (Å²) in [4.78, 5) is 7.63. The van der Waals surface area contributed by atoms with E-state index in [1.807, 2.05) is 23.9 Å². The molecule has 3 rings (SSSR count). The van der Waals surface area contributed by atoms with Crippen LogP contribution in [-0.2, 0) is 0 Å². The molecule has 1 unspecified atom stereocenters. The van der Waals surface area contributed by atoms with Crippen LogP contribution in [0, 0.1) is 5.82 Å². The van der Waals surface area contributed by atoms with Crippen molar-refractivity contribution in [1.29, 1.82) is 0 Å². The summed E-state index contributed by atoms with van der Waals surface area (Å²) in [6.45, 7) is 3.24. The number of amidine groups is 1. The van der Waals surface area contributed by atoms with Gasteiger partial charge in [-0.15, -0.1) is 17.5 Å². The molecule has 0 spiro atoms. The van der Waals surface area contributed by atoms with Gasteiger partial charge in [-0.25, -0.2) is 9.38 Å². The summed E-state index contributed by atoms with van der Waals surface area (Å²) < 4.78 is 13.9. The Morgan fingerprint density at radius 1 is 1.18 bits per heavy atom. The lowest BCUT2D eigenvalue weighted by Crippen LogP contribution is -2.21. The fourth-order valence-corrected chi connectivity index (χ4v) is 4.02. The minimum Gasteiger partial charge on any atom is -0.653 e. The van der Waals surface area contributed by atoms with Crippen molar-refractivity contribution in [1.82, 2.24) is 4.90 Å². The number of nitrogens with two attached hydrogens (primary N) is 1. The molecular formula is C22H24FN4S-. The summed E-state index contributed by atoms with van der Waals surface area (Å²) in [5, 5.41) is 5.08. The predicted molar refractivity (Wildman–Crippen MR) is 118 cm³/mol. The number of hydrogen-bond donors (Lipinski definition) is 1. The maximum atomic E-state index is 13.9. The third-order valence-electron chi connectivity index (χ3n) is 4.14. The topological polar surface area (TPSA) is 55.7 Å². The van der Waals surface area contributed by atoms with Gasteiger partial charge >= 0.3 is 0 Å². The van der Waals surface area contributed by atoms with Crippen LogP contribution in [0.1, 0.15) is 18.1 Å². The first-order valence-corrected chi connectivity index (χ1v) is 9.94. The lowest BCUT2D eigenvalue weighted by atomic mass is 10.1. The molecule has 28 heavy (non-hydrogen) atoms. The Morgan fingerprint density at radius 2 is 1.89 bits per heavy atom. The Balaban J connectivity index is 1.74. The smallest absolute Gasteiger partial charge is 0.130 e. The quantitative estimate of drug-likeness (QED) is 0.704. The lowest BCUT2D eigenvalue weighted by molar-refractivity contribution is 0.413. The molecule has 1 atom stereocenters. The van der Waals surface area contributed by atoms with Crippen molar-refractivity contribution in [3.05, 3.63) is 82.7 Å². The van der Waals surface area contributed by atoms with Gasteiger partial charge in [-0.2, -0.15) is 0 Å². The summed E-state index contributed by atoms with van der Waals surface area (Å²) >= 11 is 1.84. The van der Waals surface area contributed by atoms with Crippen molar-refractivity contribution < 1.29 is 4.39 Å². The minimum atomic E-state index is -0.317. The predicted octanol–water partition coefficient (Wildman–Crippen LogP) is 4.95. The number of thioether (sulfide) groups is 1. The molecule has 2 N–H and O–H groups in total. The Hall–Kier alpha value is -2.57. The molecule has 1 aliphatic rings. The fraction of sp³-hybridized carbons (Fsp3) is 0.227. The van der Waals surface area contributed by atoms with Crippen LogP contribution in [-0.4, -0.2) is 36.6 Å². The van der Waals surface area contributed by atoms with E-state index in [1.54, 1.807) is 30.5 Å². The van der Waals surface area contributed by atoms with Gasteiger partial charge in [0.1, 0.15) is 11.7 Å². The van der Waals surface area contributed by atoms with Gasteiger partial charge in [0.15, 0.2) is 0 Å². The third kappa shape index (κ3) is 5.24. The summed E-state index contributed by atoms with van der Waals surface area (Å²) in [6.07, 6.45) is 3.26. The summed E-state index contributed by atoms with van der Waals surface area (Å²) in [5.41, 5.74) is 8.49. The molecule has 2 aromatic carbocycles. The van der Waals surface area contributed by atoms with E-state index in [0.29, 0.717) is 22.2 Å². The average molecular weight is 396 g/mol. The van der Waals surface area contributed by atoms with E-state index < -0.39 is 0 Å². The van der Waals surface area contributed by atoms with Crippen LogP contribution in [0.5, 0.6) is 0 Å². The zero-order valence-electron chi connectivity index (χ0n) is 16.3. The first kappa shape index (κ1) is 20.2. The number of rotatable bonds is 6. The zero-order chi connectivity index (χ0) is 20.1. The first-order valence-electron chi connectivity index (χ1n) is 9.06. The molecule has 0 bridgehead atoms. The highest BCUT2D eigenvalue weighted by molar-refractivity contribution is 8.00. The van der Waals surface area contributed by atoms with E-state index in [0.717, 1.165) is 12.1 Å². The Bertz CT molecular complexity index is 916. The van der Waals surface area contributed by atoms with Gasteiger partial charge in [-0.05, 0) is 37.9 Å². The molecule has 1 aliphatic heterocycles. The maximum absolute atomic E-state index is 13.9. The van der Waals surface area contributed by atoms with Crippen molar-refractivity contribution >= 4 is 29.4 Å². The fourth-order valence-electron chi connectivity index (χ4n) is 2.89. The second-order valence-corrected chi connectivity index (χ2v) is 8.42. The van der Waals surface area contributed by atoms with Gasteiger partial charge in [-0.3, -0.25) is 0 Å². The number of benzene rings is 2. The van der Waals surface area contributed by atoms with E-state index in [9.17, 15) is 4.39 Å². The van der Waals surface area contributed by atoms with E-state index >= 15 is 0 Å². The third-order valence-corrected chi connectivity index (χ3v) is 5.23. The largest absolute Gasteiger partial charge is 0.653 e. The van der Waals surface area contributed by atoms with Crippen LogP contribution in [0.25, 0.3) is 17.1 Å². The molecule has 0 fully saturated rings. The molecule has 0 aliphatic carbocycles. The number of aliphatic imine (C=N–C) groups is 1. The number of halogens is 1. The standard InChI is InChI=1S/C22H24FN4S/c1-15(14-27(2)3)28-18-10-8-16(9-11-18)21-13-25-22(24)20(26-21)12-17-6-4-5-7-19(17)23/h4-13,15H,14H2,1-3H3,(H2,24,25)/q-1. The highest BCUT2D eigenvalue weighted by Gasteiger charge is 2.07. The maximum Gasteiger partial charge on any atom is 0.130 e. The van der Waals surface area contributed by atoms with Crippen LogP contribution < -0.4 is 5.73 Å². The van der Waals surface area contributed by atoms with Crippen LogP contribution in [0.4, 0.5) is 4.39 Å². The molecule has 0 saturated heterocycles. The van der Waals surface area contributed by atoms with Crippen molar-refractivity contribution in [2.45, 2.75) is 17.1 Å². The van der Waals surface area contributed by atoms with Crippen molar-refractivity contribution in [2.75, 3.05) is 20.6 Å². The average Bonchev–Trinajstić information content (AvgIpc) is 2.65. The van der Waals surface area contributed by atoms with E-state index in [4.69, 9.17) is 5.73 Å². The van der Waals surface area contributed by atoms with Crippen LogP contribution in [0.2, 0.25) is 0 Å². The van der Waals surface area contributed by atoms with Gasteiger partial charge in [-0.1, -0.05) is 49.0 Å². The molecule has 1 heterocycles. The summed E-state index contributed by atoms with van der Waals surface area (Å²) in [7, 11) is 4.16. The number of hydrogen-bond acceptors (Lipinski definition) is 4. The molecular weight excluding hydrogens is 371 g/mol. The van der Waals surface area contributed by atoms with Crippen molar-refractivity contribution in [3.8, 4) is 0 Å². The molecule has 2 aromatic rings. The van der Waals surface area contributed by atoms with E-state index in [-0.39, 0.29) is 11.7 Å². The molecule has 0 aromatic heterocycles. The first-order chi connectivity index (χ1) is 13.4. The molecule has 4 nitrogen and oxygen atoms in total. The summed E-state index contributed by atoms with van der Waals surface area (Å²) in [6, 6.07) is 14.7. The normalized spacial score (nSPS) is 16.5. The molecule has 0 amide bonds. The van der Waals surface area contributed by atoms with Gasteiger partial charge in [0, 0.05) is 28.5 Å². The summed E-state index contributed by atoms with van der Waals surface area (Å²) in [5.74, 6) is -0.0426. The van der Waals surface area contributed by atoms with E-state index in [1.165, 1.54) is 11.0 Å². The minimum absolute atomic E-state index is 0.275. The Kier molecular flexibility index (Phi) is 6.54. The van der Waals surface area contributed by atoms with Gasteiger partial charge in [0.25, 0.3) is 0 Å². The van der Waals surface area contributed by atoms with E-state index in [2.05, 4.69) is 48.4 Å². The van der Waals surface area contributed by atoms with Crippen LogP contribution in [0.3, 0.4) is 0 Å². The van der Waals surface area contributed by atoms with Crippen LogP contribution >= 0.6 is 11.8 Å². The Morgan fingerprint density at radius 3 is 2.57 bits per heavy atom. The highest BCUT2D eigenvalue weighted by atomic mass is 32.2. The second kappa shape index (κ2) is 9.08. The Labute approximate surface area is 170 Å². The SMILES string of the molecule is CC(CN(C)C)Sc1ccc(C2=CN=C(N)C(=Cc3ccccc3F)[N-]2)cc1. The zero-order valence-corrected chi connectivity index (χ0v) is 17.1. The highest BCUT2D eigenvalue weighted by Crippen LogP contribution is 2.32. The van der Waals surface area contributed by atoms with Crippen LogP contribution in [0.15, 0.2) is 70.3 Å².